The highest BCUT2D eigenvalue weighted by atomic mass is 32.1. The molecular formula is C21H24N4OS. The lowest BCUT2D eigenvalue weighted by molar-refractivity contribution is 0.178. The van der Waals surface area contributed by atoms with Crippen LogP contribution in [0.2, 0.25) is 0 Å². The first-order valence-corrected chi connectivity index (χ1v) is 10.5. The topological polar surface area (TPSA) is 50.3 Å². The molecule has 1 atom stereocenters. The van der Waals surface area contributed by atoms with Crippen LogP contribution in [0, 0.1) is 0 Å². The minimum Gasteiger partial charge on any atom is -0.377 e. The number of nitrogens with zero attached hydrogens (tertiary/aromatic N) is 3. The van der Waals surface area contributed by atoms with Crippen molar-refractivity contribution in [3.8, 4) is 11.1 Å². The number of thiophene rings is 1. The SMILES string of the molecule is COCc1nc(NC2CCN(C3CC3)C2)c2c(-c3ccccc3)csc2n1. The number of fused-ring (bicyclic) bond motifs is 1. The summed E-state index contributed by atoms with van der Waals surface area (Å²) in [6, 6.07) is 11.8. The highest BCUT2D eigenvalue weighted by molar-refractivity contribution is 7.17. The first kappa shape index (κ1) is 17.1. The van der Waals surface area contributed by atoms with Crippen LogP contribution in [0.15, 0.2) is 35.7 Å². The Labute approximate surface area is 163 Å². The molecule has 0 spiro atoms. The van der Waals surface area contributed by atoms with Crippen molar-refractivity contribution < 1.29 is 4.74 Å². The van der Waals surface area contributed by atoms with Crippen molar-refractivity contribution in [2.45, 2.75) is 38.0 Å². The first-order chi connectivity index (χ1) is 13.3. The molecule has 1 saturated carbocycles. The van der Waals surface area contributed by atoms with E-state index in [4.69, 9.17) is 14.7 Å². The van der Waals surface area contributed by atoms with Crippen LogP contribution in [0.5, 0.6) is 0 Å². The molecule has 2 aromatic heterocycles. The van der Waals surface area contributed by atoms with Crippen molar-refractivity contribution in [2.24, 2.45) is 0 Å². The number of hydrogen-bond donors (Lipinski definition) is 1. The Morgan fingerprint density at radius 1 is 1.19 bits per heavy atom. The van der Waals surface area contributed by atoms with Crippen LogP contribution in [0.1, 0.15) is 25.1 Å². The van der Waals surface area contributed by atoms with E-state index in [0.717, 1.165) is 34.4 Å². The molecule has 3 heterocycles. The molecule has 1 saturated heterocycles. The third kappa shape index (κ3) is 3.45. The first-order valence-electron chi connectivity index (χ1n) is 9.65. The summed E-state index contributed by atoms with van der Waals surface area (Å²) in [6.07, 6.45) is 3.91. The number of hydrogen-bond acceptors (Lipinski definition) is 6. The quantitative estimate of drug-likeness (QED) is 0.696. The van der Waals surface area contributed by atoms with Gasteiger partial charge < -0.3 is 10.1 Å². The van der Waals surface area contributed by atoms with Crippen molar-refractivity contribution in [3.63, 3.8) is 0 Å². The summed E-state index contributed by atoms with van der Waals surface area (Å²) in [7, 11) is 1.69. The molecule has 1 unspecified atom stereocenters. The fourth-order valence-electron chi connectivity index (χ4n) is 3.98. The Bertz CT molecular complexity index is 938. The molecule has 1 aliphatic carbocycles. The molecule has 6 heteroatoms. The van der Waals surface area contributed by atoms with E-state index in [-0.39, 0.29) is 0 Å². The molecule has 0 bridgehead atoms. The van der Waals surface area contributed by atoms with Crippen LogP contribution in [-0.2, 0) is 11.3 Å². The summed E-state index contributed by atoms with van der Waals surface area (Å²) in [5.41, 5.74) is 2.42. The maximum atomic E-state index is 5.29. The number of methoxy groups -OCH3 is 1. The lowest BCUT2D eigenvalue weighted by Crippen LogP contribution is -2.28. The Morgan fingerprint density at radius 3 is 2.81 bits per heavy atom. The average molecular weight is 381 g/mol. The van der Waals surface area contributed by atoms with Gasteiger partial charge in [-0.05, 0) is 24.8 Å². The zero-order valence-electron chi connectivity index (χ0n) is 15.5. The van der Waals surface area contributed by atoms with Crippen molar-refractivity contribution in [1.29, 1.82) is 0 Å². The highest BCUT2D eigenvalue weighted by Gasteiger charge is 2.34. The second-order valence-corrected chi connectivity index (χ2v) is 8.33. The molecule has 1 aromatic carbocycles. The van der Waals surface area contributed by atoms with Gasteiger partial charge >= 0.3 is 0 Å². The Kier molecular flexibility index (Phi) is 4.55. The summed E-state index contributed by atoms with van der Waals surface area (Å²) in [6.45, 7) is 2.74. The smallest absolute Gasteiger partial charge is 0.158 e. The summed E-state index contributed by atoms with van der Waals surface area (Å²) >= 11 is 1.68. The molecule has 0 radical (unpaired) electrons. The standard InChI is InChI=1S/C21H24N4OS/c1-26-12-18-23-20(22-15-9-10-25(11-15)16-7-8-16)19-17(13-27-21(19)24-18)14-5-3-2-4-6-14/h2-6,13,15-16H,7-12H2,1H3,(H,22,23,24). The van der Waals surface area contributed by atoms with Crippen LogP contribution in [-0.4, -0.2) is 47.2 Å². The molecule has 1 N–H and O–H groups in total. The van der Waals surface area contributed by atoms with Gasteiger partial charge in [0, 0.05) is 43.2 Å². The number of ether oxygens (including phenoxy) is 1. The summed E-state index contributed by atoms with van der Waals surface area (Å²) < 4.78 is 5.29. The van der Waals surface area contributed by atoms with E-state index in [1.165, 1.54) is 36.9 Å². The van der Waals surface area contributed by atoms with Gasteiger partial charge in [-0.3, -0.25) is 4.90 Å². The highest BCUT2D eigenvalue weighted by Crippen LogP contribution is 2.38. The van der Waals surface area contributed by atoms with Gasteiger partial charge in [0.1, 0.15) is 17.3 Å². The van der Waals surface area contributed by atoms with Crippen molar-refractivity contribution in [1.82, 2.24) is 14.9 Å². The van der Waals surface area contributed by atoms with Crippen molar-refractivity contribution in [2.75, 3.05) is 25.5 Å². The molecule has 2 fully saturated rings. The zero-order valence-corrected chi connectivity index (χ0v) is 16.3. The Morgan fingerprint density at radius 2 is 2.04 bits per heavy atom. The monoisotopic (exact) mass is 380 g/mol. The lowest BCUT2D eigenvalue weighted by Gasteiger charge is -2.17. The van der Waals surface area contributed by atoms with Crippen molar-refractivity contribution >= 4 is 27.4 Å². The van der Waals surface area contributed by atoms with Crippen LogP contribution < -0.4 is 5.32 Å². The molecular weight excluding hydrogens is 356 g/mol. The third-order valence-corrected chi connectivity index (χ3v) is 6.33. The van der Waals surface area contributed by atoms with E-state index >= 15 is 0 Å². The third-order valence-electron chi connectivity index (χ3n) is 5.46. The van der Waals surface area contributed by atoms with E-state index in [1.807, 2.05) is 0 Å². The van der Waals surface area contributed by atoms with Crippen LogP contribution in [0.3, 0.4) is 0 Å². The second kappa shape index (κ2) is 7.19. The van der Waals surface area contributed by atoms with Gasteiger partial charge in [-0.2, -0.15) is 0 Å². The van der Waals surface area contributed by atoms with E-state index in [9.17, 15) is 0 Å². The molecule has 5 nitrogen and oxygen atoms in total. The zero-order chi connectivity index (χ0) is 18.2. The number of likely N-dealkylation sites (tertiary alicyclic amines) is 1. The fraction of sp³-hybridized carbons (Fsp3) is 0.429. The average Bonchev–Trinajstić information content (AvgIpc) is 3.28. The van der Waals surface area contributed by atoms with E-state index in [0.29, 0.717) is 12.6 Å². The number of anilines is 1. The van der Waals surface area contributed by atoms with Crippen LogP contribution in [0.4, 0.5) is 5.82 Å². The van der Waals surface area contributed by atoms with Crippen LogP contribution in [0.25, 0.3) is 21.3 Å². The molecule has 1 aliphatic heterocycles. The fourth-order valence-corrected chi connectivity index (χ4v) is 4.95. The molecule has 140 valence electrons. The predicted molar refractivity (Wildman–Crippen MR) is 110 cm³/mol. The van der Waals surface area contributed by atoms with Gasteiger partial charge in [-0.15, -0.1) is 11.3 Å². The molecule has 2 aliphatic rings. The van der Waals surface area contributed by atoms with Gasteiger partial charge in [-0.1, -0.05) is 30.3 Å². The normalized spacial score (nSPS) is 20.4. The van der Waals surface area contributed by atoms with Gasteiger partial charge in [0.05, 0.1) is 5.39 Å². The van der Waals surface area contributed by atoms with E-state index < -0.39 is 0 Å². The summed E-state index contributed by atoms with van der Waals surface area (Å²) in [4.78, 5) is 13.2. The van der Waals surface area contributed by atoms with Gasteiger partial charge in [0.25, 0.3) is 0 Å². The Hall–Kier alpha value is -2.02. The van der Waals surface area contributed by atoms with Crippen LogP contribution >= 0.6 is 11.3 Å². The maximum Gasteiger partial charge on any atom is 0.158 e. The largest absolute Gasteiger partial charge is 0.377 e. The predicted octanol–water partition coefficient (Wildman–Crippen LogP) is 4.15. The lowest BCUT2D eigenvalue weighted by atomic mass is 10.1. The summed E-state index contributed by atoms with van der Waals surface area (Å²) in [5.74, 6) is 1.70. The molecule has 0 amide bonds. The number of nitrogens with one attached hydrogen (secondary N) is 1. The minimum atomic E-state index is 0.433. The van der Waals surface area contributed by atoms with E-state index in [2.05, 4.69) is 45.9 Å². The second-order valence-electron chi connectivity index (χ2n) is 7.47. The van der Waals surface area contributed by atoms with Crippen molar-refractivity contribution in [3.05, 3.63) is 41.5 Å². The molecule has 27 heavy (non-hydrogen) atoms. The Balaban J connectivity index is 1.52. The number of aromatic nitrogens is 2. The number of rotatable bonds is 6. The molecule has 5 rings (SSSR count). The number of benzene rings is 1. The summed E-state index contributed by atoms with van der Waals surface area (Å²) in [5, 5.41) is 7.08. The van der Waals surface area contributed by atoms with Gasteiger partial charge in [0.2, 0.25) is 0 Å². The van der Waals surface area contributed by atoms with E-state index in [1.54, 1.807) is 18.4 Å². The van der Waals surface area contributed by atoms with Gasteiger partial charge in [-0.25, -0.2) is 9.97 Å². The molecule has 3 aromatic rings. The van der Waals surface area contributed by atoms with Gasteiger partial charge in [0.15, 0.2) is 5.82 Å². The maximum absolute atomic E-state index is 5.29. The minimum absolute atomic E-state index is 0.433.